The normalized spacial score (nSPS) is 17.7. The number of hydrogen-bond donors (Lipinski definition) is 2. The van der Waals surface area contributed by atoms with E-state index in [2.05, 4.69) is 10.3 Å². The number of nitrogens with zero attached hydrogens (tertiary/aromatic N) is 1. The number of hydrogen-bond acceptors (Lipinski definition) is 3. The lowest BCUT2D eigenvalue weighted by Crippen LogP contribution is -2.47. The summed E-state index contributed by atoms with van der Waals surface area (Å²) in [4.78, 5) is 41.7. The van der Waals surface area contributed by atoms with Crippen molar-refractivity contribution in [2.75, 3.05) is 13.1 Å². The van der Waals surface area contributed by atoms with Crippen LogP contribution in [0.25, 0.3) is 10.9 Å². The van der Waals surface area contributed by atoms with E-state index in [9.17, 15) is 14.4 Å². The molecule has 1 atom stereocenters. The number of para-hydroxylation sites is 1. The third kappa shape index (κ3) is 3.18. The molecule has 1 aromatic carbocycles. The Bertz CT molecular complexity index is 828. The SMILES string of the molecule is C[C@@H]1CCCCN1C(=O)CNC(=O)c1c[nH]c2ccccc2c1=O. The molecule has 2 heterocycles. The van der Waals surface area contributed by atoms with Crippen LogP contribution in [0.5, 0.6) is 0 Å². The first-order chi connectivity index (χ1) is 11.6. The quantitative estimate of drug-likeness (QED) is 0.899. The van der Waals surface area contributed by atoms with Gasteiger partial charge in [-0.2, -0.15) is 0 Å². The molecule has 0 unspecified atom stereocenters. The monoisotopic (exact) mass is 327 g/mol. The molecule has 126 valence electrons. The average molecular weight is 327 g/mol. The van der Waals surface area contributed by atoms with Crippen molar-refractivity contribution < 1.29 is 9.59 Å². The molecule has 1 saturated heterocycles. The lowest BCUT2D eigenvalue weighted by molar-refractivity contribution is -0.133. The zero-order valence-electron chi connectivity index (χ0n) is 13.7. The molecule has 1 aromatic heterocycles. The molecule has 1 aliphatic rings. The van der Waals surface area contributed by atoms with Gasteiger partial charge in [0.05, 0.1) is 6.54 Å². The van der Waals surface area contributed by atoms with E-state index in [1.807, 2.05) is 13.0 Å². The van der Waals surface area contributed by atoms with Gasteiger partial charge in [-0.05, 0) is 38.3 Å². The van der Waals surface area contributed by atoms with Gasteiger partial charge in [0.25, 0.3) is 5.91 Å². The van der Waals surface area contributed by atoms with Crippen LogP contribution in [0.1, 0.15) is 36.5 Å². The Balaban J connectivity index is 1.70. The van der Waals surface area contributed by atoms with Crippen molar-refractivity contribution >= 4 is 22.7 Å². The average Bonchev–Trinajstić information content (AvgIpc) is 2.60. The second-order valence-electron chi connectivity index (χ2n) is 6.19. The summed E-state index contributed by atoms with van der Waals surface area (Å²) < 4.78 is 0. The number of fused-ring (bicyclic) bond motifs is 1. The van der Waals surface area contributed by atoms with Gasteiger partial charge in [0, 0.05) is 29.7 Å². The summed E-state index contributed by atoms with van der Waals surface area (Å²) >= 11 is 0. The molecule has 3 rings (SSSR count). The zero-order valence-corrected chi connectivity index (χ0v) is 13.7. The highest BCUT2D eigenvalue weighted by atomic mass is 16.2. The van der Waals surface area contributed by atoms with E-state index >= 15 is 0 Å². The molecule has 1 fully saturated rings. The second-order valence-corrected chi connectivity index (χ2v) is 6.19. The molecule has 2 amide bonds. The predicted molar refractivity (Wildman–Crippen MR) is 91.9 cm³/mol. The summed E-state index contributed by atoms with van der Waals surface area (Å²) in [5, 5.41) is 3.03. The third-order valence-corrected chi connectivity index (χ3v) is 4.56. The minimum absolute atomic E-state index is 0.0215. The number of carbonyl (C=O) groups is 2. The van der Waals surface area contributed by atoms with Gasteiger partial charge < -0.3 is 15.2 Å². The highest BCUT2D eigenvalue weighted by Gasteiger charge is 2.23. The summed E-state index contributed by atoms with van der Waals surface area (Å²) in [6.45, 7) is 2.66. The number of carbonyl (C=O) groups excluding carboxylic acids is 2. The number of likely N-dealkylation sites (tertiary alicyclic amines) is 1. The molecule has 0 radical (unpaired) electrons. The van der Waals surface area contributed by atoms with Crippen molar-refractivity contribution in [3.63, 3.8) is 0 Å². The number of amides is 2. The summed E-state index contributed by atoms with van der Waals surface area (Å²) in [5.74, 6) is -0.632. The van der Waals surface area contributed by atoms with Crippen LogP contribution in [0.3, 0.4) is 0 Å². The topological polar surface area (TPSA) is 82.3 Å². The molecular weight excluding hydrogens is 306 g/mol. The summed E-state index contributed by atoms with van der Waals surface area (Å²) in [7, 11) is 0. The molecule has 0 saturated carbocycles. The van der Waals surface area contributed by atoms with Gasteiger partial charge in [-0.3, -0.25) is 14.4 Å². The largest absolute Gasteiger partial charge is 0.360 e. The first-order valence-electron chi connectivity index (χ1n) is 8.26. The number of H-pyrrole nitrogens is 1. The van der Waals surface area contributed by atoms with E-state index in [0.29, 0.717) is 10.9 Å². The smallest absolute Gasteiger partial charge is 0.257 e. The minimum Gasteiger partial charge on any atom is -0.360 e. The lowest BCUT2D eigenvalue weighted by atomic mass is 10.0. The number of benzene rings is 1. The Kier molecular flexibility index (Phi) is 4.64. The molecule has 24 heavy (non-hydrogen) atoms. The number of aromatic amines is 1. The van der Waals surface area contributed by atoms with E-state index in [1.54, 1.807) is 23.1 Å². The van der Waals surface area contributed by atoms with E-state index < -0.39 is 5.91 Å². The zero-order chi connectivity index (χ0) is 17.1. The molecule has 0 aliphatic carbocycles. The fourth-order valence-electron chi connectivity index (χ4n) is 3.16. The van der Waals surface area contributed by atoms with Gasteiger partial charge in [0.1, 0.15) is 5.56 Å². The summed E-state index contributed by atoms with van der Waals surface area (Å²) in [5.41, 5.74) is 0.367. The second kappa shape index (κ2) is 6.86. The molecule has 2 N–H and O–H groups in total. The summed E-state index contributed by atoms with van der Waals surface area (Å²) in [6.07, 6.45) is 4.51. The number of nitrogens with one attached hydrogen (secondary N) is 2. The van der Waals surface area contributed by atoms with Crippen LogP contribution in [0.2, 0.25) is 0 Å². The maximum Gasteiger partial charge on any atom is 0.257 e. The first-order valence-corrected chi connectivity index (χ1v) is 8.26. The van der Waals surface area contributed by atoms with Crippen molar-refractivity contribution in [1.82, 2.24) is 15.2 Å². The maximum atomic E-state index is 12.4. The molecule has 0 bridgehead atoms. The minimum atomic E-state index is -0.528. The van der Waals surface area contributed by atoms with Crippen molar-refractivity contribution in [2.45, 2.75) is 32.2 Å². The predicted octanol–water partition coefficient (Wildman–Crippen LogP) is 1.66. The van der Waals surface area contributed by atoms with Crippen LogP contribution in [0.15, 0.2) is 35.3 Å². The van der Waals surface area contributed by atoms with Crippen LogP contribution >= 0.6 is 0 Å². The van der Waals surface area contributed by atoms with Crippen LogP contribution in [0, 0.1) is 0 Å². The number of piperidine rings is 1. The Labute approximate surface area is 139 Å². The molecule has 1 aliphatic heterocycles. The van der Waals surface area contributed by atoms with E-state index in [1.165, 1.54) is 6.20 Å². The van der Waals surface area contributed by atoms with Crippen LogP contribution in [-0.2, 0) is 4.79 Å². The van der Waals surface area contributed by atoms with E-state index in [4.69, 9.17) is 0 Å². The number of rotatable bonds is 3. The lowest BCUT2D eigenvalue weighted by Gasteiger charge is -2.33. The van der Waals surface area contributed by atoms with Crippen molar-refractivity contribution in [2.24, 2.45) is 0 Å². The van der Waals surface area contributed by atoms with Gasteiger partial charge in [0.2, 0.25) is 11.3 Å². The third-order valence-electron chi connectivity index (χ3n) is 4.56. The fourth-order valence-corrected chi connectivity index (χ4v) is 3.16. The maximum absolute atomic E-state index is 12.4. The van der Waals surface area contributed by atoms with Gasteiger partial charge in [-0.25, -0.2) is 0 Å². The molecule has 2 aromatic rings. The van der Waals surface area contributed by atoms with Crippen LogP contribution in [-0.4, -0.2) is 40.8 Å². The Hall–Kier alpha value is -2.63. The van der Waals surface area contributed by atoms with Crippen LogP contribution < -0.4 is 10.7 Å². The summed E-state index contributed by atoms with van der Waals surface area (Å²) in [6, 6.07) is 7.22. The molecular formula is C18H21N3O3. The Morgan fingerprint density at radius 1 is 1.29 bits per heavy atom. The highest BCUT2D eigenvalue weighted by Crippen LogP contribution is 2.16. The standard InChI is InChI=1S/C18H21N3O3/c1-12-6-4-5-9-21(12)16(22)11-20-18(24)14-10-19-15-8-3-2-7-13(15)17(14)23/h2-3,7-8,10,12H,4-6,9,11H2,1H3,(H,19,23)(H,20,24)/t12-/m1/s1. The van der Waals surface area contributed by atoms with Crippen molar-refractivity contribution in [1.29, 1.82) is 0 Å². The van der Waals surface area contributed by atoms with Gasteiger partial charge >= 0.3 is 0 Å². The fraction of sp³-hybridized carbons (Fsp3) is 0.389. The highest BCUT2D eigenvalue weighted by molar-refractivity contribution is 5.98. The molecule has 0 spiro atoms. The van der Waals surface area contributed by atoms with Crippen LogP contribution in [0.4, 0.5) is 0 Å². The Morgan fingerprint density at radius 2 is 2.08 bits per heavy atom. The van der Waals surface area contributed by atoms with Gasteiger partial charge in [0.15, 0.2) is 0 Å². The van der Waals surface area contributed by atoms with E-state index in [-0.39, 0.29) is 29.5 Å². The van der Waals surface area contributed by atoms with E-state index in [0.717, 1.165) is 25.8 Å². The molecule has 6 heteroatoms. The van der Waals surface area contributed by atoms with Gasteiger partial charge in [-0.1, -0.05) is 12.1 Å². The van der Waals surface area contributed by atoms with Crippen molar-refractivity contribution in [3.05, 3.63) is 46.2 Å². The number of aromatic nitrogens is 1. The first kappa shape index (κ1) is 16.2. The molecule has 6 nitrogen and oxygen atoms in total. The van der Waals surface area contributed by atoms with Gasteiger partial charge in [-0.15, -0.1) is 0 Å². The van der Waals surface area contributed by atoms with Crippen molar-refractivity contribution in [3.8, 4) is 0 Å². The number of pyridine rings is 1. The Morgan fingerprint density at radius 3 is 2.88 bits per heavy atom.